The summed E-state index contributed by atoms with van der Waals surface area (Å²) in [6, 6.07) is 9.89. The van der Waals surface area contributed by atoms with Gasteiger partial charge in [-0.05, 0) is 56.2 Å². The maximum atomic E-state index is 12.3. The third-order valence-corrected chi connectivity index (χ3v) is 4.73. The van der Waals surface area contributed by atoms with E-state index in [2.05, 4.69) is 4.98 Å². The molecular weight excluding hydrogens is 344 g/mol. The Morgan fingerprint density at radius 1 is 1.04 bits per heavy atom. The molecule has 1 aromatic heterocycles. The largest absolute Gasteiger partial charge is 0.448 e. The van der Waals surface area contributed by atoms with E-state index in [-0.39, 0.29) is 6.09 Å². The van der Waals surface area contributed by atoms with Crippen LogP contribution in [0.1, 0.15) is 33.6 Å². The second kappa shape index (κ2) is 6.44. The summed E-state index contributed by atoms with van der Waals surface area (Å²) >= 11 is 0. The smallest absolute Gasteiger partial charge is 0.410 e. The van der Waals surface area contributed by atoms with Crippen LogP contribution in [0.3, 0.4) is 0 Å². The molecule has 0 bridgehead atoms. The monoisotopic (exact) mass is 368 g/mol. The highest BCUT2D eigenvalue weighted by Crippen LogP contribution is 2.45. The lowest BCUT2D eigenvalue weighted by atomic mass is 10.0. The van der Waals surface area contributed by atoms with E-state index in [9.17, 15) is 4.79 Å². The molecule has 6 nitrogen and oxygen atoms in total. The molecule has 2 aliphatic rings. The molecule has 1 saturated heterocycles. The SMILES string of the molecule is CC(C)(C)OC(=O)N1CCC2(CC1)Oc1ccc(-c3ccncc3)cc1O2. The standard InChI is InChI=1S/C21H24N2O4/c1-20(2,3)27-19(24)23-12-8-21(9-13-23)25-17-5-4-16(14-18(17)26-21)15-6-10-22-11-7-15/h4-7,10-11,14H,8-9,12-13H2,1-3H3. The average molecular weight is 368 g/mol. The third kappa shape index (κ3) is 3.70. The highest BCUT2D eigenvalue weighted by Gasteiger charge is 2.45. The molecule has 0 atom stereocenters. The summed E-state index contributed by atoms with van der Waals surface area (Å²) < 4.78 is 17.8. The quantitative estimate of drug-likeness (QED) is 0.753. The molecule has 2 aliphatic heterocycles. The minimum absolute atomic E-state index is 0.284. The average Bonchev–Trinajstić information content (AvgIpc) is 2.98. The summed E-state index contributed by atoms with van der Waals surface area (Å²) in [4.78, 5) is 18.0. The maximum Gasteiger partial charge on any atom is 0.410 e. The molecule has 1 amide bonds. The fourth-order valence-electron chi connectivity index (χ4n) is 3.38. The number of carbonyl (C=O) groups is 1. The van der Waals surface area contributed by atoms with Crippen molar-refractivity contribution in [3.05, 3.63) is 42.7 Å². The Labute approximate surface area is 159 Å². The summed E-state index contributed by atoms with van der Waals surface area (Å²) in [6.45, 7) is 6.70. The van der Waals surface area contributed by atoms with E-state index < -0.39 is 11.4 Å². The fraction of sp³-hybridized carbons (Fsp3) is 0.429. The first-order chi connectivity index (χ1) is 12.8. The van der Waals surface area contributed by atoms with Gasteiger partial charge in [0, 0.05) is 38.3 Å². The van der Waals surface area contributed by atoms with Crippen LogP contribution in [0.25, 0.3) is 11.1 Å². The molecule has 1 aromatic carbocycles. The second-order valence-electron chi connectivity index (χ2n) is 7.98. The fourth-order valence-corrected chi connectivity index (χ4v) is 3.38. The van der Waals surface area contributed by atoms with Crippen molar-refractivity contribution in [2.45, 2.75) is 45.0 Å². The zero-order valence-corrected chi connectivity index (χ0v) is 15.9. The van der Waals surface area contributed by atoms with Crippen molar-refractivity contribution in [1.29, 1.82) is 0 Å². The van der Waals surface area contributed by atoms with Gasteiger partial charge in [-0.25, -0.2) is 4.79 Å². The van der Waals surface area contributed by atoms with E-state index in [1.54, 1.807) is 17.3 Å². The number of fused-ring (bicyclic) bond motifs is 1. The molecule has 0 aliphatic carbocycles. The lowest BCUT2D eigenvalue weighted by Gasteiger charge is -2.37. The van der Waals surface area contributed by atoms with Crippen LogP contribution in [0.2, 0.25) is 0 Å². The number of amides is 1. The molecule has 142 valence electrons. The van der Waals surface area contributed by atoms with Crippen LogP contribution in [0.4, 0.5) is 4.79 Å². The van der Waals surface area contributed by atoms with E-state index in [4.69, 9.17) is 14.2 Å². The normalized spacial score (nSPS) is 17.8. The van der Waals surface area contributed by atoms with Gasteiger partial charge >= 0.3 is 6.09 Å². The molecule has 4 rings (SSSR count). The number of hydrogen-bond donors (Lipinski definition) is 0. The van der Waals surface area contributed by atoms with Gasteiger partial charge in [-0.1, -0.05) is 6.07 Å². The summed E-state index contributed by atoms with van der Waals surface area (Å²) in [5, 5.41) is 0. The predicted octanol–water partition coefficient (Wildman–Crippen LogP) is 4.25. The zero-order valence-electron chi connectivity index (χ0n) is 15.9. The minimum atomic E-state index is -0.697. The van der Waals surface area contributed by atoms with Crippen LogP contribution >= 0.6 is 0 Å². The molecular formula is C21H24N2O4. The number of aromatic nitrogens is 1. The number of ether oxygens (including phenoxy) is 3. The molecule has 0 saturated carbocycles. The molecule has 27 heavy (non-hydrogen) atoms. The summed E-state index contributed by atoms with van der Waals surface area (Å²) in [5.41, 5.74) is 1.65. The van der Waals surface area contributed by atoms with Crippen LogP contribution < -0.4 is 9.47 Å². The Kier molecular flexibility index (Phi) is 4.21. The molecule has 6 heteroatoms. The lowest BCUT2D eigenvalue weighted by Crippen LogP contribution is -2.52. The van der Waals surface area contributed by atoms with Gasteiger partial charge in [-0.3, -0.25) is 4.98 Å². The van der Waals surface area contributed by atoms with E-state index in [1.807, 2.05) is 51.1 Å². The van der Waals surface area contributed by atoms with Crippen LogP contribution in [-0.4, -0.2) is 40.5 Å². The van der Waals surface area contributed by atoms with Crippen molar-refractivity contribution in [2.24, 2.45) is 0 Å². The molecule has 0 N–H and O–H groups in total. The Morgan fingerprint density at radius 2 is 1.70 bits per heavy atom. The van der Waals surface area contributed by atoms with E-state index >= 15 is 0 Å². The highest BCUT2D eigenvalue weighted by molar-refractivity contribution is 5.69. The van der Waals surface area contributed by atoms with Crippen LogP contribution in [0.5, 0.6) is 11.5 Å². The summed E-state index contributed by atoms with van der Waals surface area (Å²) in [6.07, 6.45) is 4.46. The molecule has 0 unspecified atom stereocenters. The second-order valence-corrected chi connectivity index (χ2v) is 7.98. The van der Waals surface area contributed by atoms with Crippen molar-refractivity contribution < 1.29 is 19.0 Å². The molecule has 1 fully saturated rings. The number of hydrogen-bond acceptors (Lipinski definition) is 5. The zero-order chi connectivity index (χ0) is 19.1. The number of carbonyl (C=O) groups excluding carboxylic acids is 1. The maximum absolute atomic E-state index is 12.3. The molecule has 1 spiro atoms. The van der Waals surface area contributed by atoms with E-state index in [0.717, 1.165) is 22.6 Å². The Balaban J connectivity index is 1.44. The van der Waals surface area contributed by atoms with Crippen LogP contribution in [-0.2, 0) is 4.74 Å². The minimum Gasteiger partial charge on any atom is -0.448 e. The van der Waals surface area contributed by atoms with Gasteiger partial charge < -0.3 is 19.1 Å². The lowest BCUT2D eigenvalue weighted by molar-refractivity contribution is -0.117. The molecule has 0 radical (unpaired) electrons. The van der Waals surface area contributed by atoms with E-state index in [0.29, 0.717) is 25.9 Å². The van der Waals surface area contributed by atoms with Gasteiger partial charge in [-0.2, -0.15) is 0 Å². The number of likely N-dealkylation sites (tertiary alicyclic amines) is 1. The Morgan fingerprint density at radius 3 is 2.37 bits per heavy atom. The molecule has 2 aromatic rings. The number of rotatable bonds is 1. The van der Waals surface area contributed by atoms with Crippen molar-refractivity contribution in [3.8, 4) is 22.6 Å². The van der Waals surface area contributed by atoms with Gasteiger partial charge in [0.25, 0.3) is 5.79 Å². The number of pyridine rings is 1. The topological polar surface area (TPSA) is 60.9 Å². The van der Waals surface area contributed by atoms with Crippen LogP contribution in [0, 0.1) is 0 Å². The van der Waals surface area contributed by atoms with Gasteiger partial charge in [-0.15, -0.1) is 0 Å². The number of piperidine rings is 1. The number of benzene rings is 1. The first kappa shape index (κ1) is 17.6. The number of nitrogens with zero attached hydrogens (tertiary/aromatic N) is 2. The van der Waals surface area contributed by atoms with Gasteiger partial charge in [0.15, 0.2) is 11.5 Å². The first-order valence-corrected chi connectivity index (χ1v) is 9.24. The van der Waals surface area contributed by atoms with E-state index in [1.165, 1.54) is 0 Å². The first-order valence-electron chi connectivity index (χ1n) is 9.24. The predicted molar refractivity (Wildman–Crippen MR) is 101 cm³/mol. The van der Waals surface area contributed by atoms with Crippen molar-refractivity contribution in [2.75, 3.05) is 13.1 Å². The van der Waals surface area contributed by atoms with Gasteiger partial charge in [0.05, 0.1) is 0 Å². The summed E-state index contributed by atoms with van der Waals surface area (Å²) in [5.74, 6) is 0.797. The van der Waals surface area contributed by atoms with Crippen LogP contribution in [0.15, 0.2) is 42.7 Å². The summed E-state index contributed by atoms with van der Waals surface area (Å²) in [7, 11) is 0. The Bertz CT molecular complexity index is 837. The van der Waals surface area contributed by atoms with Crippen molar-refractivity contribution in [3.63, 3.8) is 0 Å². The molecule has 3 heterocycles. The third-order valence-electron chi connectivity index (χ3n) is 4.73. The van der Waals surface area contributed by atoms with Crippen molar-refractivity contribution in [1.82, 2.24) is 9.88 Å². The van der Waals surface area contributed by atoms with Gasteiger partial charge in [0.1, 0.15) is 5.60 Å². The van der Waals surface area contributed by atoms with Crippen molar-refractivity contribution >= 4 is 6.09 Å². The van der Waals surface area contributed by atoms with Gasteiger partial charge in [0.2, 0.25) is 0 Å². The highest BCUT2D eigenvalue weighted by atomic mass is 16.7. The Hall–Kier alpha value is -2.76.